The second kappa shape index (κ2) is 7.73. The summed E-state index contributed by atoms with van der Waals surface area (Å²) in [6.45, 7) is 1.76. The Morgan fingerprint density at radius 3 is 2.86 bits per heavy atom. The molecule has 6 heteroatoms. The van der Waals surface area contributed by atoms with E-state index in [0.717, 1.165) is 18.4 Å². The van der Waals surface area contributed by atoms with Gasteiger partial charge in [-0.1, -0.05) is 17.7 Å². The minimum absolute atomic E-state index is 0.153. The Bertz CT molecular complexity index is 493. The van der Waals surface area contributed by atoms with Crippen molar-refractivity contribution < 1.29 is 13.9 Å². The third-order valence-corrected chi connectivity index (χ3v) is 4.14. The van der Waals surface area contributed by atoms with Crippen LogP contribution in [-0.4, -0.2) is 31.7 Å². The molecular formula is C15H20ClFN2O2. The Morgan fingerprint density at radius 2 is 2.19 bits per heavy atom. The van der Waals surface area contributed by atoms with Crippen LogP contribution < -0.4 is 11.1 Å². The number of nitrogens with one attached hydrogen (secondary N) is 1. The van der Waals surface area contributed by atoms with Crippen LogP contribution in [0.2, 0.25) is 5.02 Å². The quantitative estimate of drug-likeness (QED) is 0.872. The van der Waals surface area contributed by atoms with Crippen molar-refractivity contribution in [1.29, 1.82) is 0 Å². The summed E-state index contributed by atoms with van der Waals surface area (Å²) in [4.78, 5) is 12.0. The topological polar surface area (TPSA) is 64.4 Å². The molecule has 0 spiro atoms. The number of hydrogen-bond acceptors (Lipinski definition) is 3. The predicted octanol–water partition coefficient (Wildman–Crippen LogP) is 1.89. The summed E-state index contributed by atoms with van der Waals surface area (Å²) in [5.41, 5.74) is 6.78. The van der Waals surface area contributed by atoms with Gasteiger partial charge in [-0.15, -0.1) is 0 Å². The number of carbonyl (C=O) groups is 1. The van der Waals surface area contributed by atoms with E-state index in [1.165, 1.54) is 12.1 Å². The van der Waals surface area contributed by atoms with Crippen molar-refractivity contribution in [2.45, 2.75) is 25.3 Å². The molecule has 0 bridgehead atoms. The molecule has 1 heterocycles. The maximum atomic E-state index is 12.9. The fraction of sp³-hybridized carbons (Fsp3) is 0.533. The summed E-state index contributed by atoms with van der Waals surface area (Å²) >= 11 is 5.94. The van der Waals surface area contributed by atoms with Crippen molar-refractivity contribution in [3.63, 3.8) is 0 Å². The smallest absolute Gasteiger partial charge is 0.237 e. The molecule has 21 heavy (non-hydrogen) atoms. The standard InChI is InChI=1S/C15H20ClFN2O2/c16-13-9-12(17)2-1-10(13)3-6-19-15(20)14(18)11-4-7-21-8-5-11/h1-2,9,11,14H,3-8,18H2,(H,19,20). The maximum Gasteiger partial charge on any atom is 0.237 e. The number of rotatable bonds is 5. The van der Waals surface area contributed by atoms with Gasteiger partial charge < -0.3 is 15.8 Å². The summed E-state index contributed by atoms with van der Waals surface area (Å²) in [5.74, 6) is -0.345. The van der Waals surface area contributed by atoms with Crippen molar-refractivity contribution in [2.75, 3.05) is 19.8 Å². The number of hydrogen-bond donors (Lipinski definition) is 2. The molecule has 1 aromatic rings. The van der Waals surface area contributed by atoms with Crippen LogP contribution in [0.1, 0.15) is 18.4 Å². The zero-order valence-corrected chi connectivity index (χ0v) is 12.5. The van der Waals surface area contributed by atoms with Gasteiger partial charge in [-0.05, 0) is 42.9 Å². The minimum Gasteiger partial charge on any atom is -0.381 e. The predicted molar refractivity (Wildman–Crippen MR) is 79.6 cm³/mol. The van der Waals surface area contributed by atoms with Crippen molar-refractivity contribution in [1.82, 2.24) is 5.32 Å². The highest BCUT2D eigenvalue weighted by molar-refractivity contribution is 6.31. The van der Waals surface area contributed by atoms with E-state index in [-0.39, 0.29) is 17.6 Å². The molecule has 2 rings (SSSR count). The molecule has 4 nitrogen and oxygen atoms in total. The average molecular weight is 315 g/mol. The number of amides is 1. The Kier molecular flexibility index (Phi) is 5.96. The van der Waals surface area contributed by atoms with Gasteiger partial charge in [0.25, 0.3) is 0 Å². The molecule has 1 aromatic carbocycles. The van der Waals surface area contributed by atoms with E-state index in [1.807, 2.05) is 0 Å². The lowest BCUT2D eigenvalue weighted by Gasteiger charge is -2.26. The third kappa shape index (κ3) is 4.66. The fourth-order valence-electron chi connectivity index (χ4n) is 2.45. The van der Waals surface area contributed by atoms with E-state index in [9.17, 15) is 9.18 Å². The van der Waals surface area contributed by atoms with Gasteiger partial charge in [-0.2, -0.15) is 0 Å². The first-order valence-electron chi connectivity index (χ1n) is 7.13. The van der Waals surface area contributed by atoms with E-state index in [0.29, 0.717) is 31.2 Å². The van der Waals surface area contributed by atoms with Crippen molar-refractivity contribution in [2.24, 2.45) is 11.7 Å². The van der Waals surface area contributed by atoms with E-state index in [2.05, 4.69) is 5.32 Å². The molecule has 1 saturated heterocycles. The Morgan fingerprint density at radius 1 is 1.48 bits per heavy atom. The molecule has 3 N–H and O–H groups in total. The van der Waals surface area contributed by atoms with Crippen LogP contribution in [0, 0.1) is 11.7 Å². The Labute approximate surface area is 128 Å². The molecule has 1 aliphatic rings. The first kappa shape index (κ1) is 16.2. The van der Waals surface area contributed by atoms with Gasteiger partial charge >= 0.3 is 0 Å². The number of carbonyl (C=O) groups excluding carboxylic acids is 1. The molecule has 0 radical (unpaired) electrons. The number of nitrogens with two attached hydrogens (primary N) is 1. The summed E-state index contributed by atoms with van der Waals surface area (Å²) in [7, 11) is 0. The summed E-state index contributed by atoms with van der Waals surface area (Å²) in [5, 5.41) is 3.19. The van der Waals surface area contributed by atoms with Gasteiger partial charge in [0.15, 0.2) is 0 Å². The van der Waals surface area contributed by atoms with Crippen LogP contribution >= 0.6 is 11.6 Å². The molecule has 116 valence electrons. The fourth-order valence-corrected chi connectivity index (χ4v) is 2.71. The van der Waals surface area contributed by atoms with Gasteiger partial charge in [0.05, 0.1) is 6.04 Å². The second-order valence-electron chi connectivity index (χ2n) is 5.25. The third-order valence-electron chi connectivity index (χ3n) is 3.79. The number of halogens is 2. The van der Waals surface area contributed by atoms with Gasteiger partial charge in [-0.25, -0.2) is 4.39 Å². The summed E-state index contributed by atoms with van der Waals surface area (Å²) in [6.07, 6.45) is 2.18. The number of ether oxygens (including phenoxy) is 1. The highest BCUT2D eigenvalue weighted by atomic mass is 35.5. The average Bonchev–Trinajstić information content (AvgIpc) is 2.49. The molecule has 1 aliphatic heterocycles. The van der Waals surface area contributed by atoms with E-state index in [4.69, 9.17) is 22.1 Å². The van der Waals surface area contributed by atoms with Crippen LogP contribution in [-0.2, 0) is 16.0 Å². The molecule has 1 atom stereocenters. The normalized spacial score (nSPS) is 17.5. The highest BCUT2D eigenvalue weighted by Crippen LogP contribution is 2.18. The molecule has 1 amide bonds. The van der Waals surface area contributed by atoms with Crippen LogP contribution in [0.4, 0.5) is 4.39 Å². The van der Waals surface area contributed by atoms with E-state index < -0.39 is 6.04 Å². The highest BCUT2D eigenvalue weighted by Gasteiger charge is 2.26. The van der Waals surface area contributed by atoms with E-state index >= 15 is 0 Å². The van der Waals surface area contributed by atoms with Crippen LogP contribution in [0.5, 0.6) is 0 Å². The molecule has 0 saturated carbocycles. The second-order valence-corrected chi connectivity index (χ2v) is 5.66. The Hall–Kier alpha value is -1.17. The molecule has 0 aliphatic carbocycles. The van der Waals surface area contributed by atoms with Gasteiger partial charge in [0.2, 0.25) is 5.91 Å². The molecule has 1 fully saturated rings. The number of benzene rings is 1. The van der Waals surface area contributed by atoms with Crippen molar-refractivity contribution in [3.05, 3.63) is 34.6 Å². The summed E-state index contributed by atoms with van der Waals surface area (Å²) in [6, 6.07) is 3.75. The molecular weight excluding hydrogens is 295 g/mol. The summed E-state index contributed by atoms with van der Waals surface area (Å²) < 4.78 is 18.2. The van der Waals surface area contributed by atoms with Crippen molar-refractivity contribution >= 4 is 17.5 Å². The van der Waals surface area contributed by atoms with Crippen LogP contribution in [0.3, 0.4) is 0 Å². The molecule has 1 unspecified atom stereocenters. The van der Waals surface area contributed by atoms with E-state index in [1.54, 1.807) is 6.07 Å². The lowest BCUT2D eigenvalue weighted by atomic mass is 9.92. The Balaban J connectivity index is 1.78. The maximum absolute atomic E-state index is 12.9. The van der Waals surface area contributed by atoms with Gasteiger partial charge in [-0.3, -0.25) is 4.79 Å². The van der Waals surface area contributed by atoms with Crippen molar-refractivity contribution in [3.8, 4) is 0 Å². The SMILES string of the molecule is NC(C(=O)NCCc1ccc(F)cc1Cl)C1CCOCC1. The monoisotopic (exact) mass is 314 g/mol. The van der Waals surface area contributed by atoms with Crippen LogP contribution in [0.25, 0.3) is 0 Å². The minimum atomic E-state index is -0.502. The largest absolute Gasteiger partial charge is 0.381 e. The lowest BCUT2D eigenvalue weighted by molar-refractivity contribution is -0.124. The van der Waals surface area contributed by atoms with Crippen LogP contribution in [0.15, 0.2) is 18.2 Å². The van der Waals surface area contributed by atoms with Gasteiger partial charge in [0, 0.05) is 24.8 Å². The first-order chi connectivity index (χ1) is 10.1. The molecule has 0 aromatic heterocycles. The first-order valence-corrected chi connectivity index (χ1v) is 7.50. The zero-order valence-electron chi connectivity index (χ0n) is 11.8. The lowest BCUT2D eigenvalue weighted by Crippen LogP contribution is -2.47. The zero-order chi connectivity index (χ0) is 15.2. The van der Waals surface area contributed by atoms with Gasteiger partial charge in [0.1, 0.15) is 5.82 Å².